The van der Waals surface area contributed by atoms with Gasteiger partial charge in [-0.05, 0) is 6.07 Å². The van der Waals surface area contributed by atoms with Gasteiger partial charge < -0.3 is 10.1 Å². The van der Waals surface area contributed by atoms with Gasteiger partial charge in [0.2, 0.25) is 5.88 Å². The maximum atomic E-state index is 12.1. The first kappa shape index (κ1) is 15.7. The van der Waals surface area contributed by atoms with Crippen LogP contribution in [0.15, 0.2) is 48.5 Å². The Labute approximate surface area is 139 Å². The first-order valence-corrected chi connectivity index (χ1v) is 7.52. The number of H-pyrrole nitrogens is 1. The van der Waals surface area contributed by atoms with E-state index in [9.17, 15) is 4.79 Å². The van der Waals surface area contributed by atoms with Crippen LogP contribution in [-0.2, 0) is 6.42 Å². The Hall–Kier alpha value is -3.22. The Morgan fingerprint density at radius 1 is 1.12 bits per heavy atom. The number of aromatic amines is 1. The van der Waals surface area contributed by atoms with E-state index in [1.807, 2.05) is 30.3 Å². The molecule has 2 aromatic heterocycles. The first-order valence-electron chi connectivity index (χ1n) is 7.52. The van der Waals surface area contributed by atoms with Crippen LogP contribution >= 0.6 is 0 Å². The van der Waals surface area contributed by atoms with Gasteiger partial charge in [-0.2, -0.15) is 5.10 Å². The van der Waals surface area contributed by atoms with E-state index in [1.165, 1.54) is 7.11 Å². The van der Waals surface area contributed by atoms with Gasteiger partial charge in [-0.1, -0.05) is 36.4 Å². The van der Waals surface area contributed by atoms with Crippen LogP contribution in [0.3, 0.4) is 0 Å². The first-order chi connectivity index (χ1) is 11.8. The smallest absolute Gasteiger partial charge is 0.270 e. The van der Waals surface area contributed by atoms with Crippen molar-refractivity contribution in [3.63, 3.8) is 0 Å². The molecule has 2 heterocycles. The van der Waals surface area contributed by atoms with E-state index in [2.05, 4.69) is 25.5 Å². The molecule has 0 aliphatic carbocycles. The molecule has 1 aromatic carbocycles. The van der Waals surface area contributed by atoms with E-state index in [0.717, 1.165) is 5.56 Å². The van der Waals surface area contributed by atoms with Crippen molar-refractivity contribution in [3.05, 3.63) is 60.0 Å². The summed E-state index contributed by atoms with van der Waals surface area (Å²) in [6.45, 7) is 0.432. The average Bonchev–Trinajstić information content (AvgIpc) is 3.11. The largest absolute Gasteiger partial charge is 0.481 e. The molecular weight excluding hydrogens is 306 g/mol. The highest BCUT2D eigenvalue weighted by atomic mass is 16.5. The number of aromatic nitrogens is 4. The maximum Gasteiger partial charge on any atom is 0.270 e. The fourth-order valence-corrected chi connectivity index (χ4v) is 2.16. The Morgan fingerprint density at radius 3 is 2.75 bits per heavy atom. The monoisotopic (exact) mass is 323 g/mol. The highest BCUT2D eigenvalue weighted by molar-refractivity contribution is 5.92. The molecule has 0 aliphatic heterocycles. The zero-order valence-electron chi connectivity index (χ0n) is 13.2. The molecule has 0 unspecified atom stereocenters. The number of pyridine rings is 1. The minimum Gasteiger partial charge on any atom is -0.481 e. The number of rotatable bonds is 6. The number of carbonyl (C=O) groups is 1. The van der Waals surface area contributed by atoms with Crippen molar-refractivity contribution < 1.29 is 9.53 Å². The molecule has 0 bridgehead atoms. The van der Waals surface area contributed by atoms with Crippen molar-refractivity contribution in [3.8, 4) is 17.3 Å². The molecule has 7 heteroatoms. The molecular formula is C17H17N5O2. The second-order valence-corrected chi connectivity index (χ2v) is 5.04. The topological polar surface area (TPSA) is 92.8 Å². The van der Waals surface area contributed by atoms with Crippen molar-refractivity contribution in [2.75, 3.05) is 13.7 Å². The lowest BCUT2D eigenvalue weighted by Gasteiger charge is -2.04. The quantitative estimate of drug-likeness (QED) is 0.722. The Balaban J connectivity index is 1.55. The van der Waals surface area contributed by atoms with Crippen LogP contribution in [0.1, 0.15) is 16.3 Å². The summed E-state index contributed by atoms with van der Waals surface area (Å²) in [4.78, 5) is 20.6. The van der Waals surface area contributed by atoms with Gasteiger partial charge in [0, 0.05) is 24.6 Å². The summed E-state index contributed by atoms with van der Waals surface area (Å²) in [6, 6.07) is 14.8. The maximum absolute atomic E-state index is 12.1. The molecule has 7 nitrogen and oxygen atoms in total. The lowest BCUT2D eigenvalue weighted by Crippen LogP contribution is -2.26. The molecule has 0 spiro atoms. The number of amides is 1. The molecule has 0 aliphatic rings. The molecule has 0 radical (unpaired) electrons. The van der Waals surface area contributed by atoms with Crippen LogP contribution in [0.25, 0.3) is 11.4 Å². The molecule has 0 saturated heterocycles. The lowest BCUT2D eigenvalue weighted by atomic mass is 10.2. The highest BCUT2D eigenvalue weighted by Gasteiger charge is 2.09. The van der Waals surface area contributed by atoms with Crippen molar-refractivity contribution >= 4 is 5.91 Å². The Morgan fingerprint density at radius 2 is 1.96 bits per heavy atom. The zero-order chi connectivity index (χ0) is 16.8. The molecule has 0 saturated carbocycles. The molecule has 3 aromatic rings. The standard InChI is InChI=1S/C17H17N5O2/c1-24-15-9-5-8-13(19-15)17(23)18-11-10-14-20-16(22-21-14)12-6-3-2-4-7-12/h2-9H,10-11H2,1H3,(H,18,23)(H,20,21,22). The highest BCUT2D eigenvalue weighted by Crippen LogP contribution is 2.13. The van der Waals surface area contributed by atoms with Crippen LogP contribution in [0.4, 0.5) is 0 Å². The summed E-state index contributed by atoms with van der Waals surface area (Å²) in [5.41, 5.74) is 1.27. The van der Waals surface area contributed by atoms with Crippen LogP contribution in [0.2, 0.25) is 0 Å². The number of methoxy groups -OCH3 is 1. The van der Waals surface area contributed by atoms with Crippen LogP contribution in [0, 0.1) is 0 Å². The normalized spacial score (nSPS) is 10.4. The molecule has 3 rings (SSSR count). The average molecular weight is 323 g/mol. The van der Waals surface area contributed by atoms with Gasteiger partial charge in [-0.25, -0.2) is 9.97 Å². The Kier molecular flexibility index (Phi) is 4.81. The number of nitrogens with zero attached hydrogens (tertiary/aromatic N) is 3. The van der Waals surface area contributed by atoms with E-state index in [0.29, 0.717) is 36.2 Å². The van der Waals surface area contributed by atoms with Crippen LogP contribution in [0.5, 0.6) is 5.88 Å². The summed E-state index contributed by atoms with van der Waals surface area (Å²) >= 11 is 0. The van der Waals surface area contributed by atoms with Crippen molar-refractivity contribution in [2.24, 2.45) is 0 Å². The predicted molar refractivity (Wildman–Crippen MR) is 88.6 cm³/mol. The minimum atomic E-state index is -0.253. The van der Waals surface area contributed by atoms with Crippen molar-refractivity contribution in [2.45, 2.75) is 6.42 Å². The molecule has 2 N–H and O–H groups in total. The van der Waals surface area contributed by atoms with Gasteiger partial charge in [0.1, 0.15) is 11.5 Å². The summed E-state index contributed by atoms with van der Waals surface area (Å²) in [5.74, 6) is 1.52. The SMILES string of the molecule is COc1cccc(C(=O)NCCc2nc(-c3ccccc3)n[nH]2)n1. The van der Waals surface area contributed by atoms with Gasteiger partial charge in [0.05, 0.1) is 7.11 Å². The van der Waals surface area contributed by atoms with Gasteiger partial charge in [0.15, 0.2) is 5.82 Å². The van der Waals surface area contributed by atoms with Gasteiger partial charge >= 0.3 is 0 Å². The minimum absolute atomic E-state index is 0.253. The van der Waals surface area contributed by atoms with Crippen LogP contribution < -0.4 is 10.1 Å². The number of hydrogen-bond acceptors (Lipinski definition) is 5. The van der Waals surface area contributed by atoms with Gasteiger partial charge in [0.25, 0.3) is 5.91 Å². The zero-order valence-corrected chi connectivity index (χ0v) is 13.2. The fraction of sp³-hybridized carbons (Fsp3) is 0.176. The van der Waals surface area contributed by atoms with Crippen molar-refractivity contribution in [1.82, 2.24) is 25.5 Å². The summed E-state index contributed by atoms with van der Waals surface area (Å²) in [5, 5.41) is 9.88. The predicted octanol–water partition coefficient (Wildman–Crippen LogP) is 1.85. The van der Waals surface area contributed by atoms with E-state index in [4.69, 9.17) is 4.74 Å². The summed E-state index contributed by atoms with van der Waals surface area (Å²) < 4.78 is 5.01. The number of benzene rings is 1. The number of nitrogens with one attached hydrogen (secondary N) is 2. The molecule has 1 amide bonds. The van der Waals surface area contributed by atoms with E-state index >= 15 is 0 Å². The number of carbonyl (C=O) groups excluding carboxylic acids is 1. The van der Waals surface area contributed by atoms with Crippen molar-refractivity contribution in [1.29, 1.82) is 0 Å². The van der Waals surface area contributed by atoms with Gasteiger partial charge in [-0.15, -0.1) is 0 Å². The van der Waals surface area contributed by atoms with E-state index in [1.54, 1.807) is 18.2 Å². The number of hydrogen-bond donors (Lipinski definition) is 2. The molecule has 24 heavy (non-hydrogen) atoms. The second kappa shape index (κ2) is 7.36. The number of ether oxygens (including phenoxy) is 1. The van der Waals surface area contributed by atoms with E-state index in [-0.39, 0.29) is 5.91 Å². The third-order valence-corrected chi connectivity index (χ3v) is 3.38. The van der Waals surface area contributed by atoms with Gasteiger partial charge in [-0.3, -0.25) is 9.89 Å². The van der Waals surface area contributed by atoms with E-state index < -0.39 is 0 Å². The fourth-order valence-electron chi connectivity index (χ4n) is 2.16. The third kappa shape index (κ3) is 3.75. The Bertz CT molecular complexity index is 817. The molecule has 0 atom stereocenters. The lowest BCUT2D eigenvalue weighted by molar-refractivity contribution is 0.0948. The molecule has 0 fully saturated rings. The second-order valence-electron chi connectivity index (χ2n) is 5.04. The third-order valence-electron chi connectivity index (χ3n) is 3.38. The van der Waals surface area contributed by atoms with Crippen LogP contribution in [-0.4, -0.2) is 39.7 Å². The molecule has 122 valence electrons. The summed E-state index contributed by atoms with van der Waals surface area (Å²) in [7, 11) is 1.51. The summed E-state index contributed by atoms with van der Waals surface area (Å²) in [6.07, 6.45) is 0.551.